The van der Waals surface area contributed by atoms with E-state index < -0.39 is 0 Å². The lowest BCUT2D eigenvalue weighted by molar-refractivity contribution is 0.283. The lowest BCUT2D eigenvalue weighted by Crippen LogP contribution is -2.39. The molecule has 1 fully saturated rings. The topological polar surface area (TPSA) is 56.9 Å². The molecular weight excluding hydrogens is 274 g/mol. The Morgan fingerprint density at radius 3 is 2.64 bits per heavy atom. The molecule has 1 saturated heterocycles. The number of nitrogens with one attached hydrogen (secondary N) is 1. The van der Waals surface area contributed by atoms with Crippen LogP contribution in [0, 0.1) is 5.92 Å². The standard InChI is InChI=1S/C17H37N5/c1-15(2)7-5-8-16(3)20-17(18)19-9-12-22-11-6-10-21(4)13-14-22/h15-16H,5-14H2,1-4H3,(H3,18,19,20). The zero-order valence-electron chi connectivity index (χ0n) is 15.1. The summed E-state index contributed by atoms with van der Waals surface area (Å²) in [6.07, 6.45) is 4.95. The van der Waals surface area contributed by atoms with Crippen molar-refractivity contribution in [3.8, 4) is 0 Å². The summed E-state index contributed by atoms with van der Waals surface area (Å²) in [5, 5.41) is 3.31. The maximum absolute atomic E-state index is 5.99. The molecule has 1 unspecified atom stereocenters. The van der Waals surface area contributed by atoms with E-state index in [-0.39, 0.29) is 0 Å². The largest absolute Gasteiger partial charge is 0.370 e. The molecule has 0 saturated carbocycles. The minimum absolute atomic E-state index is 0.411. The van der Waals surface area contributed by atoms with Gasteiger partial charge in [0.15, 0.2) is 5.96 Å². The second-order valence-electron chi connectivity index (χ2n) is 7.14. The van der Waals surface area contributed by atoms with Crippen molar-refractivity contribution in [1.29, 1.82) is 0 Å². The molecule has 5 heteroatoms. The molecule has 0 bridgehead atoms. The summed E-state index contributed by atoms with van der Waals surface area (Å²) in [5.74, 6) is 1.38. The van der Waals surface area contributed by atoms with Gasteiger partial charge in [-0.1, -0.05) is 26.7 Å². The molecule has 3 N–H and O–H groups in total. The third kappa shape index (κ3) is 9.26. The second-order valence-corrected chi connectivity index (χ2v) is 7.14. The highest BCUT2D eigenvalue weighted by Gasteiger charge is 2.11. The quantitative estimate of drug-likeness (QED) is 0.529. The minimum Gasteiger partial charge on any atom is -0.370 e. The van der Waals surface area contributed by atoms with Gasteiger partial charge in [0.1, 0.15) is 0 Å². The van der Waals surface area contributed by atoms with Crippen LogP contribution in [0.2, 0.25) is 0 Å². The molecule has 1 heterocycles. The third-order valence-corrected chi connectivity index (χ3v) is 4.32. The maximum atomic E-state index is 5.99. The van der Waals surface area contributed by atoms with Crippen LogP contribution in [0.4, 0.5) is 0 Å². The minimum atomic E-state index is 0.411. The van der Waals surface area contributed by atoms with E-state index in [2.05, 4.69) is 47.9 Å². The Balaban J connectivity index is 2.16. The summed E-state index contributed by atoms with van der Waals surface area (Å²) in [6, 6.07) is 0.411. The van der Waals surface area contributed by atoms with Crippen LogP contribution >= 0.6 is 0 Å². The number of aliphatic imine (C=N–C) groups is 1. The molecule has 0 aromatic rings. The fourth-order valence-corrected chi connectivity index (χ4v) is 2.84. The molecule has 1 rings (SSSR count). The summed E-state index contributed by atoms with van der Waals surface area (Å²) < 4.78 is 0. The van der Waals surface area contributed by atoms with Gasteiger partial charge in [0.05, 0.1) is 6.54 Å². The van der Waals surface area contributed by atoms with Gasteiger partial charge in [0, 0.05) is 25.7 Å². The van der Waals surface area contributed by atoms with E-state index in [9.17, 15) is 0 Å². The average Bonchev–Trinajstić information content (AvgIpc) is 2.63. The van der Waals surface area contributed by atoms with Crippen LogP contribution in [0.15, 0.2) is 4.99 Å². The molecule has 5 nitrogen and oxygen atoms in total. The van der Waals surface area contributed by atoms with Crippen LogP contribution in [-0.2, 0) is 0 Å². The first-order valence-corrected chi connectivity index (χ1v) is 8.94. The van der Waals surface area contributed by atoms with E-state index in [0.717, 1.165) is 38.5 Å². The lowest BCUT2D eigenvalue weighted by atomic mass is 10.0. The van der Waals surface area contributed by atoms with Crippen LogP contribution in [0.3, 0.4) is 0 Å². The normalized spacial score (nSPS) is 20.1. The molecule has 0 aromatic heterocycles. The number of guanidine groups is 1. The van der Waals surface area contributed by atoms with E-state index in [0.29, 0.717) is 12.0 Å². The van der Waals surface area contributed by atoms with Crippen LogP contribution in [0.25, 0.3) is 0 Å². The van der Waals surface area contributed by atoms with Crippen LogP contribution in [0.1, 0.15) is 46.5 Å². The monoisotopic (exact) mass is 311 g/mol. The van der Waals surface area contributed by atoms with Crippen molar-refractivity contribution in [2.24, 2.45) is 16.6 Å². The summed E-state index contributed by atoms with van der Waals surface area (Å²) in [6.45, 7) is 13.2. The van der Waals surface area contributed by atoms with Crippen molar-refractivity contribution in [3.63, 3.8) is 0 Å². The molecule has 130 valence electrons. The number of rotatable bonds is 8. The fourth-order valence-electron chi connectivity index (χ4n) is 2.84. The van der Waals surface area contributed by atoms with Crippen LogP contribution in [-0.4, -0.2) is 68.1 Å². The molecular formula is C17H37N5. The van der Waals surface area contributed by atoms with E-state index in [1.165, 1.54) is 32.4 Å². The summed E-state index contributed by atoms with van der Waals surface area (Å²) in [5.41, 5.74) is 5.99. The Labute approximate surface area is 137 Å². The predicted octanol–water partition coefficient (Wildman–Crippen LogP) is 1.74. The predicted molar refractivity (Wildman–Crippen MR) is 96.3 cm³/mol. The van der Waals surface area contributed by atoms with E-state index in [4.69, 9.17) is 5.73 Å². The van der Waals surface area contributed by atoms with E-state index in [1.807, 2.05) is 0 Å². The second kappa shape index (κ2) is 10.8. The fraction of sp³-hybridized carbons (Fsp3) is 0.941. The van der Waals surface area contributed by atoms with Crippen molar-refractivity contribution < 1.29 is 0 Å². The Bertz CT molecular complexity index is 316. The van der Waals surface area contributed by atoms with Crippen LogP contribution in [0.5, 0.6) is 0 Å². The van der Waals surface area contributed by atoms with Crippen molar-refractivity contribution in [1.82, 2.24) is 15.1 Å². The molecule has 1 atom stereocenters. The first-order chi connectivity index (χ1) is 10.5. The molecule has 22 heavy (non-hydrogen) atoms. The molecule has 0 amide bonds. The smallest absolute Gasteiger partial charge is 0.188 e. The van der Waals surface area contributed by atoms with Crippen molar-refractivity contribution in [2.45, 2.75) is 52.5 Å². The zero-order valence-corrected chi connectivity index (χ0v) is 15.1. The number of nitrogens with two attached hydrogens (primary N) is 1. The zero-order chi connectivity index (χ0) is 16.4. The van der Waals surface area contributed by atoms with Gasteiger partial charge in [-0.25, -0.2) is 0 Å². The Hall–Kier alpha value is -0.810. The molecule has 1 aliphatic heterocycles. The van der Waals surface area contributed by atoms with Gasteiger partial charge in [0.2, 0.25) is 0 Å². The number of nitrogens with zero attached hydrogens (tertiary/aromatic N) is 3. The van der Waals surface area contributed by atoms with Crippen molar-refractivity contribution in [2.75, 3.05) is 46.3 Å². The SMILES string of the molecule is CC(C)CCCC(C)NC(N)=NCCN1CCCN(C)CC1. The highest BCUT2D eigenvalue weighted by molar-refractivity contribution is 5.78. The highest BCUT2D eigenvalue weighted by atomic mass is 15.2. The molecule has 0 aliphatic carbocycles. The Morgan fingerprint density at radius 2 is 1.91 bits per heavy atom. The first kappa shape index (κ1) is 19.2. The van der Waals surface area contributed by atoms with Crippen molar-refractivity contribution >= 4 is 5.96 Å². The third-order valence-electron chi connectivity index (χ3n) is 4.32. The number of hydrogen-bond acceptors (Lipinski definition) is 3. The summed E-state index contributed by atoms with van der Waals surface area (Å²) in [4.78, 5) is 9.37. The first-order valence-electron chi connectivity index (χ1n) is 8.94. The number of likely N-dealkylation sites (N-methyl/N-ethyl adjacent to an activating group) is 1. The molecule has 0 radical (unpaired) electrons. The molecule has 0 aromatic carbocycles. The van der Waals surface area contributed by atoms with Gasteiger partial charge in [-0.05, 0) is 45.8 Å². The lowest BCUT2D eigenvalue weighted by Gasteiger charge is -2.19. The van der Waals surface area contributed by atoms with Gasteiger partial charge in [-0.2, -0.15) is 0 Å². The Morgan fingerprint density at radius 1 is 1.14 bits per heavy atom. The molecule has 1 aliphatic rings. The van der Waals surface area contributed by atoms with Gasteiger partial charge in [0.25, 0.3) is 0 Å². The number of hydrogen-bond donors (Lipinski definition) is 2. The van der Waals surface area contributed by atoms with Gasteiger partial charge < -0.3 is 20.9 Å². The average molecular weight is 312 g/mol. The van der Waals surface area contributed by atoms with E-state index in [1.54, 1.807) is 0 Å². The Kier molecular flexibility index (Phi) is 9.48. The van der Waals surface area contributed by atoms with Gasteiger partial charge in [-0.15, -0.1) is 0 Å². The summed E-state index contributed by atoms with van der Waals surface area (Å²) in [7, 11) is 2.20. The van der Waals surface area contributed by atoms with Crippen molar-refractivity contribution in [3.05, 3.63) is 0 Å². The maximum Gasteiger partial charge on any atom is 0.188 e. The van der Waals surface area contributed by atoms with Gasteiger partial charge in [-0.3, -0.25) is 4.99 Å². The molecule has 0 spiro atoms. The van der Waals surface area contributed by atoms with E-state index >= 15 is 0 Å². The summed E-state index contributed by atoms with van der Waals surface area (Å²) >= 11 is 0. The van der Waals surface area contributed by atoms with Crippen LogP contribution < -0.4 is 11.1 Å². The highest BCUT2D eigenvalue weighted by Crippen LogP contribution is 2.08. The van der Waals surface area contributed by atoms with Gasteiger partial charge >= 0.3 is 0 Å².